The monoisotopic (exact) mass is 247 g/mol. The minimum absolute atomic E-state index is 0.525. The number of rotatable bonds is 3. The van der Waals surface area contributed by atoms with E-state index in [2.05, 4.69) is 24.0 Å². The number of benzene rings is 1. The molecule has 0 saturated heterocycles. The fourth-order valence-electron chi connectivity index (χ4n) is 2.40. The van der Waals surface area contributed by atoms with E-state index in [-0.39, 0.29) is 0 Å². The van der Waals surface area contributed by atoms with Crippen molar-refractivity contribution in [3.8, 4) is 5.75 Å². The van der Waals surface area contributed by atoms with Gasteiger partial charge < -0.3 is 14.7 Å². The summed E-state index contributed by atoms with van der Waals surface area (Å²) in [4.78, 5) is 2.29. The molecule has 1 atom stereocenters. The molecular formula is C15H21NO2. The zero-order chi connectivity index (χ0) is 13.1. The number of ether oxygens (including phenoxy) is 1. The molecule has 1 aliphatic rings. The van der Waals surface area contributed by atoms with Crippen LogP contribution in [0, 0.1) is 0 Å². The first kappa shape index (κ1) is 13.0. The summed E-state index contributed by atoms with van der Waals surface area (Å²) in [6, 6.07) is 5.93. The van der Waals surface area contributed by atoms with Gasteiger partial charge in [-0.1, -0.05) is 17.7 Å². The fourth-order valence-corrected chi connectivity index (χ4v) is 2.40. The van der Waals surface area contributed by atoms with Gasteiger partial charge in [-0.15, -0.1) is 0 Å². The molecule has 1 N–H and O–H groups in total. The third-order valence-corrected chi connectivity index (χ3v) is 3.46. The second-order valence-electron chi connectivity index (χ2n) is 4.82. The van der Waals surface area contributed by atoms with Crippen molar-refractivity contribution < 1.29 is 9.84 Å². The van der Waals surface area contributed by atoms with Crippen LogP contribution in [0.25, 0.3) is 0 Å². The average Bonchev–Trinajstić information content (AvgIpc) is 2.38. The quantitative estimate of drug-likeness (QED) is 0.834. The lowest BCUT2D eigenvalue weighted by molar-refractivity contribution is 0.194. The van der Waals surface area contributed by atoms with Crippen molar-refractivity contribution in [2.24, 2.45) is 0 Å². The Balaban J connectivity index is 2.38. The van der Waals surface area contributed by atoms with Crippen molar-refractivity contribution in [3.63, 3.8) is 0 Å². The summed E-state index contributed by atoms with van der Waals surface area (Å²) in [5.41, 5.74) is 3.40. The minimum atomic E-state index is -0.525. The molecule has 0 spiro atoms. The van der Waals surface area contributed by atoms with Crippen LogP contribution in [0.5, 0.6) is 5.75 Å². The Bertz CT molecular complexity index is 452. The molecule has 18 heavy (non-hydrogen) atoms. The molecule has 0 unspecified atom stereocenters. The zero-order valence-corrected chi connectivity index (χ0v) is 11.3. The van der Waals surface area contributed by atoms with E-state index >= 15 is 0 Å². The van der Waals surface area contributed by atoms with E-state index in [9.17, 15) is 5.11 Å². The van der Waals surface area contributed by atoms with Crippen molar-refractivity contribution in [3.05, 3.63) is 35.4 Å². The molecule has 0 radical (unpaired) electrons. The van der Waals surface area contributed by atoms with Crippen LogP contribution in [0.2, 0.25) is 0 Å². The summed E-state index contributed by atoms with van der Waals surface area (Å²) in [7, 11) is 1.64. The van der Waals surface area contributed by atoms with Gasteiger partial charge in [0.1, 0.15) is 5.75 Å². The van der Waals surface area contributed by atoms with Crippen LogP contribution < -0.4 is 9.64 Å². The Morgan fingerprint density at radius 3 is 2.72 bits per heavy atom. The highest BCUT2D eigenvalue weighted by atomic mass is 16.5. The maximum absolute atomic E-state index is 9.98. The fraction of sp³-hybridized carbons (Fsp3) is 0.467. The summed E-state index contributed by atoms with van der Waals surface area (Å²) in [6.45, 7) is 5.85. The number of hydrogen-bond donors (Lipinski definition) is 1. The van der Waals surface area contributed by atoms with Gasteiger partial charge in [-0.2, -0.15) is 0 Å². The number of methoxy groups -OCH3 is 1. The van der Waals surface area contributed by atoms with Crippen LogP contribution in [0.3, 0.4) is 0 Å². The van der Waals surface area contributed by atoms with Gasteiger partial charge in [0.2, 0.25) is 0 Å². The topological polar surface area (TPSA) is 32.7 Å². The number of hydrogen-bond acceptors (Lipinski definition) is 3. The third-order valence-electron chi connectivity index (χ3n) is 3.46. The molecule has 3 nitrogen and oxygen atoms in total. The van der Waals surface area contributed by atoms with E-state index in [4.69, 9.17) is 4.74 Å². The highest BCUT2D eigenvalue weighted by molar-refractivity contribution is 5.61. The van der Waals surface area contributed by atoms with Gasteiger partial charge >= 0.3 is 0 Å². The number of anilines is 1. The summed E-state index contributed by atoms with van der Waals surface area (Å²) in [5.74, 6) is 0.758. The SMILES string of the molecule is COc1cccc(N2CC=C(C)CC2)c1[C@H](C)O. The van der Waals surface area contributed by atoms with E-state index in [0.717, 1.165) is 36.5 Å². The predicted molar refractivity (Wildman–Crippen MR) is 74.2 cm³/mol. The molecule has 98 valence electrons. The van der Waals surface area contributed by atoms with Crippen molar-refractivity contribution in [2.75, 3.05) is 25.1 Å². The molecule has 2 rings (SSSR count). The van der Waals surface area contributed by atoms with E-state index < -0.39 is 6.10 Å². The standard InChI is InChI=1S/C15H21NO2/c1-11-7-9-16(10-8-11)13-5-4-6-14(18-3)15(13)12(2)17/h4-7,12,17H,8-10H2,1-3H3/t12-/m0/s1. The summed E-state index contributed by atoms with van der Waals surface area (Å²) >= 11 is 0. The van der Waals surface area contributed by atoms with Gasteiger partial charge in [-0.05, 0) is 32.4 Å². The van der Waals surface area contributed by atoms with Crippen molar-refractivity contribution in [2.45, 2.75) is 26.4 Å². The molecule has 0 saturated carbocycles. The van der Waals surface area contributed by atoms with Gasteiger partial charge in [-0.3, -0.25) is 0 Å². The lowest BCUT2D eigenvalue weighted by Gasteiger charge is -2.30. The smallest absolute Gasteiger partial charge is 0.126 e. The zero-order valence-electron chi connectivity index (χ0n) is 11.3. The largest absolute Gasteiger partial charge is 0.496 e. The van der Waals surface area contributed by atoms with Gasteiger partial charge in [0, 0.05) is 24.3 Å². The summed E-state index contributed by atoms with van der Waals surface area (Å²) in [5, 5.41) is 9.98. The molecular weight excluding hydrogens is 226 g/mol. The van der Waals surface area contributed by atoms with Crippen LogP contribution in [-0.4, -0.2) is 25.3 Å². The molecule has 1 heterocycles. The molecule has 1 aromatic carbocycles. The Labute approximate surface area is 109 Å². The first-order valence-corrected chi connectivity index (χ1v) is 6.39. The highest BCUT2D eigenvalue weighted by Gasteiger charge is 2.19. The Morgan fingerprint density at radius 2 is 2.17 bits per heavy atom. The Hall–Kier alpha value is -1.48. The first-order chi connectivity index (χ1) is 8.63. The van der Waals surface area contributed by atoms with Crippen molar-refractivity contribution in [1.29, 1.82) is 0 Å². The maximum Gasteiger partial charge on any atom is 0.126 e. The second-order valence-corrected chi connectivity index (χ2v) is 4.82. The number of aliphatic hydroxyl groups excluding tert-OH is 1. The van der Waals surface area contributed by atoms with Crippen LogP contribution in [-0.2, 0) is 0 Å². The van der Waals surface area contributed by atoms with E-state index in [1.54, 1.807) is 14.0 Å². The molecule has 0 aromatic heterocycles. The first-order valence-electron chi connectivity index (χ1n) is 6.39. The molecule has 0 amide bonds. The van der Waals surface area contributed by atoms with Crippen LogP contribution in [0.15, 0.2) is 29.8 Å². The minimum Gasteiger partial charge on any atom is -0.496 e. The second kappa shape index (κ2) is 5.44. The van der Waals surface area contributed by atoms with Gasteiger partial charge in [0.05, 0.1) is 13.2 Å². The number of nitrogens with zero attached hydrogens (tertiary/aromatic N) is 1. The molecule has 0 fully saturated rings. The van der Waals surface area contributed by atoms with E-state index in [0.29, 0.717) is 0 Å². The van der Waals surface area contributed by atoms with Crippen molar-refractivity contribution >= 4 is 5.69 Å². The van der Waals surface area contributed by atoms with E-state index in [1.165, 1.54) is 5.57 Å². The number of aliphatic hydroxyl groups is 1. The molecule has 1 aromatic rings. The predicted octanol–water partition coefficient (Wildman–Crippen LogP) is 2.90. The lowest BCUT2D eigenvalue weighted by atomic mass is 10.0. The molecule has 0 bridgehead atoms. The highest BCUT2D eigenvalue weighted by Crippen LogP contribution is 2.35. The molecule has 3 heteroatoms. The average molecular weight is 247 g/mol. The van der Waals surface area contributed by atoms with E-state index in [1.807, 2.05) is 12.1 Å². The van der Waals surface area contributed by atoms with Crippen LogP contribution in [0.1, 0.15) is 31.9 Å². The molecule has 1 aliphatic heterocycles. The van der Waals surface area contributed by atoms with Gasteiger partial charge in [0.15, 0.2) is 0 Å². The Morgan fingerprint density at radius 1 is 1.39 bits per heavy atom. The van der Waals surface area contributed by atoms with Gasteiger partial charge in [0.25, 0.3) is 0 Å². The third kappa shape index (κ3) is 2.51. The van der Waals surface area contributed by atoms with Crippen molar-refractivity contribution in [1.82, 2.24) is 0 Å². The normalized spacial score (nSPS) is 17.3. The Kier molecular flexibility index (Phi) is 3.92. The van der Waals surface area contributed by atoms with Crippen LogP contribution >= 0.6 is 0 Å². The molecule has 0 aliphatic carbocycles. The van der Waals surface area contributed by atoms with Gasteiger partial charge in [-0.25, -0.2) is 0 Å². The lowest BCUT2D eigenvalue weighted by Crippen LogP contribution is -2.29. The maximum atomic E-state index is 9.98. The summed E-state index contributed by atoms with van der Waals surface area (Å²) < 4.78 is 5.36. The van der Waals surface area contributed by atoms with Crippen LogP contribution in [0.4, 0.5) is 5.69 Å². The summed E-state index contributed by atoms with van der Waals surface area (Å²) in [6.07, 6.45) is 2.80.